The van der Waals surface area contributed by atoms with Gasteiger partial charge in [0.2, 0.25) is 5.91 Å². The lowest BCUT2D eigenvalue weighted by molar-refractivity contribution is -0.137. The van der Waals surface area contributed by atoms with Gasteiger partial charge in [0.05, 0.1) is 12.5 Å². The van der Waals surface area contributed by atoms with Crippen LogP contribution in [-0.2, 0) is 9.59 Å². The van der Waals surface area contributed by atoms with Crippen LogP contribution in [0.1, 0.15) is 43.0 Å². The van der Waals surface area contributed by atoms with E-state index in [4.69, 9.17) is 5.11 Å². The highest BCUT2D eigenvalue weighted by Crippen LogP contribution is 2.27. The van der Waals surface area contributed by atoms with Crippen molar-refractivity contribution in [3.05, 3.63) is 22.4 Å². The van der Waals surface area contributed by atoms with Gasteiger partial charge >= 0.3 is 5.97 Å². The zero-order chi connectivity index (χ0) is 13.0. The van der Waals surface area contributed by atoms with E-state index in [1.165, 1.54) is 11.3 Å². The molecule has 1 aliphatic carbocycles. The Balaban J connectivity index is 2.00. The number of hydrogen-bond acceptors (Lipinski definition) is 3. The van der Waals surface area contributed by atoms with Crippen molar-refractivity contribution >= 4 is 23.2 Å². The van der Waals surface area contributed by atoms with E-state index in [9.17, 15) is 9.59 Å². The fraction of sp³-hybridized carbons (Fsp3) is 0.538. The first-order valence-electron chi connectivity index (χ1n) is 6.22. The number of hydrogen-bond donors (Lipinski definition) is 2. The fourth-order valence-corrected chi connectivity index (χ4v) is 3.14. The van der Waals surface area contributed by atoms with Crippen LogP contribution in [0.5, 0.6) is 0 Å². The smallest absolute Gasteiger partial charge is 0.305 e. The summed E-state index contributed by atoms with van der Waals surface area (Å²) >= 11 is 1.48. The van der Waals surface area contributed by atoms with E-state index in [0.29, 0.717) is 0 Å². The Morgan fingerprint density at radius 3 is 2.72 bits per heavy atom. The molecule has 1 aromatic rings. The summed E-state index contributed by atoms with van der Waals surface area (Å²) in [5, 5.41) is 13.7. The first-order chi connectivity index (χ1) is 8.66. The Morgan fingerprint density at radius 2 is 2.17 bits per heavy atom. The molecule has 0 aliphatic heterocycles. The summed E-state index contributed by atoms with van der Waals surface area (Å²) in [7, 11) is 0. The van der Waals surface area contributed by atoms with Crippen LogP contribution in [0.4, 0.5) is 0 Å². The predicted molar refractivity (Wildman–Crippen MR) is 69.4 cm³/mol. The minimum Gasteiger partial charge on any atom is -0.481 e. The molecule has 1 fully saturated rings. The SMILES string of the molecule is O=C(O)CC(NC(=O)C1CCCC1)c1cccs1. The van der Waals surface area contributed by atoms with Crippen molar-refractivity contribution in [2.75, 3.05) is 0 Å². The minimum absolute atomic E-state index is 0.00662. The Kier molecular flexibility index (Phi) is 4.36. The van der Waals surface area contributed by atoms with Gasteiger partial charge in [0, 0.05) is 10.8 Å². The Bertz CT molecular complexity index is 410. The molecule has 1 atom stereocenters. The van der Waals surface area contributed by atoms with E-state index in [-0.39, 0.29) is 18.2 Å². The quantitative estimate of drug-likeness (QED) is 0.861. The van der Waals surface area contributed by atoms with Gasteiger partial charge in [-0.1, -0.05) is 18.9 Å². The second-order valence-corrected chi connectivity index (χ2v) is 5.64. The topological polar surface area (TPSA) is 66.4 Å². The van der Waals surface area contributed by atoms with Crippen LogP contribution in [0.2, 0.25) is 0 Å². The summed E-state index contributed by atoms with van der Waals surface area (Å²) in [5.74, 6) is -0.812. The molecule has 5 heteroatoms. The molecule has 0 spiro atoms. The van der Waals surface area contributed by atoms with Gasteiger partial charge in [-0.3, -0.25) is 9.59 Å². The fourth-order valence-electron chi connectivity index (χ4n) is 2.36. The molecule has 1 amide bonds. The monoisotopic (exact) mass is 267 g/mol. The highest BCUT2D eigenvalue weighted by molar-refractivity contribution is 7.10. The van der Waals surface area contributed by atoms with Gasteiger partial charge in [-0.05, 0) is 24.3 Å². The maximum atomic E-state index is 12.0. The molecule has 0 saturated heterocycles. The third-order valence-electron chi connectivity index (χ3n) is 3.31. The molecule has 1 aromatic heterocycles. The van der Waals surface area contributed by atoms with E-state index >= 15 is 0 Å². The highest BCUT2D eigenvalue weighted by Gasteiger charge is 2.26. The molecule has 98 valence electrons. The van der Waals surface area contributed by atoms with Crippen LogP contribution in [0.3, 0.4) is 0 Å². The standard InChI is InChI=1S/C13H17NO3S/c15-12(16)8-10(11-6-3-7-18-11)14-13(17)9-4-1-2-5-9/h3,6-7,9-10H,1-2,4-5,8H2,(H,14,17)(H,15,16). The molecule has 2 N–H and O–H groups in total. The lowest BCUT2D eigenvalue weighted by Crippen LogP contribution is -2.33. The molecular weight excluding hydrogens is 250 g/mol. The number of thiophene rings is 1. The lowest BCUT2D eigenvalue weighted by atomic mass is 10.1. The Labute approximate surface area is 110 Å². The van der Waals surface area contributed by atoms with Crippen molar-refractivity contribution in [1.82, 2.24) is 5.32 Å². The maximum Gasteiger partial charge on any atom is 0.305 e. The number of carboxylic acid groups (broad SMARTS) is 1. The molecule has 1 saturated carbocycles. The summed E-state index contributed by atoms with van der Waals surface area (Å²) in [6, 6.07) is 3.35. The van der Waals surface area contributed by atoms with Gasteiger partial charge in [-0.2, -0.15) is 0 Å². The van der Waals surface area contributed by atoms with Crippen molar-refractivity contribution in [2.24, 2.45) is 5.92 Å². The number of carbonyl (C=O) groups is 2. The summed E-state index contributed by atoms with van der Waals surface area (Å²) < 4.78 is 0. The van der Waals surface area contributed by atoms with Gasteiger partial charge in [0.15, 0.2) is 0 Å². The minimum atomic E-state index is -0.889. The molecule has 18 heavy (non-hydrogen) atoms. The van der Waals surface area contributed by atoms with Crippen molar-refractivity contribution in [3.8, 4) is 0 Å². The van der Waals surface area contributed by atoms with Crippen molar-refractivity contribution in [1.29, 1.82) is 0 Å². The van der Waals surface area contributed by atoms with Crippen LogP contribution < -0.4 is 5.32 Å². The first kappa shape index (κ1) is 13.1. The van der Waals surface area contributed by atoms with E-state index < -0.39 is 12.0 Å². The molecular formula is C13H17NO3S. The Morgan fingerprint density at radius 1 is 1.44 bits per heavy atom. The van der Waals surface area contributed by atoms with E-state index in [1.807, 2.05) is 17.5 Å². The van der Waals surface area contributed by atoms with Gasteiger partial charge in [0.1, 0.15) is 0 Å². The number of amides is 1. The molecule has 0 aromatic carbocycles. The summed E-state index contributed by atoms with van der Waals surface area (Å²) in [4.78, 5) is 23.8. The number of nitrogens with one attached hydrogen (secondary N) is 1. The molecule has 4 nitrogen and oxygen atoms in total. The predicted octanol–water partition coefficient (Wildman–Crippen LogP) is 2.57. The summed E-state index contributed by atoms with van der Waals surface area (Å²) in [5.41, 5.74) is 0. The average Bonchev–Trinajstić information content (AvgIpc) is 3.01. The molecule has 0 radical (unpaired) electrons. The van der Waals surface area contributed by atoms with Gasteiger partial charge < -0.3 is 10.4 Å². The third-order valence-corrected chi connectivity index (χ3v) is 4.29. The zero-order valence-corrected chi connectivity index (χ0v) is 10.9. The molecule has 1 aliphatic rings. The van der Waals surface area contributed by atoms with Crippen LogP contribution >= 0.6 is 11.3 Å². The van der Waals surface area contributed by atoms with Gasteiger partial charge in [-0.25, -0.2) is 0 Å². The molecule has 0 bridgehead atoms. The van der Waals surface area contributed by atoms with Crippen LogP contribution in [0, 0.1) is 5.92 Å². The first-order valence-corrected chi connectivity index (χ1v) is 7.10. The normalized spacial score (nSPS) is 17.6. The van der Waals surface area contributed by atoms with Gasteiger partial charge in [-0.15, -0.1) is 11.3 Å². The zero-order valence-electron chi connectivity index (χ0n) is 10.1. The maximum absolute atomic E-state index is 12.0. The van der Waals surface area contributed by atoms with Crippen LogP contribution in [0.25, 0.3) is 0 Å². The average molecular weight is 267 g/mol. The van der Waals surface area contributed by atoms with Crippen molar-refractivity contribution in [3.63, 3.8) is 0 Å². The molecule has 1 unspecified atom stereocenters. The van der Waals surface area contributed by atoms with E-state index in [2.05, 4.69) is 5.32 Å². The number of aliphatic carboxylic acids is 1. The van der Waals surface area contributed by atoms with E-state index in [1.54, 1.807) is 0 Å². The number of rotatable bonds is 5. The third kappa shape index (κ3) is 3.32. The van der Waals surface area contributed by atoms with Crippen LogP contribution in [-0.4, -0.2) is 17.0 Å². The van der Waals surface area contributed by atoms with E-state index in [0.717, 1.165) is 30.6 Å². The summed E-state index contributed by atoms with van der Waals surface area (Å²) in [6.45, 7) is 0. The number of carboxylic acids is 1. The lowest BCUT2D eigenvalue weighted by Gasteiger charge is -2.18. The largest absolute Gasteiger partial charge is 0.481 e. The second kappa shape index (κ2) is 6.00. The molecule has 1 heterocycles. The highest BCUT2D eigenvalue weighted by atomic mass is 32.1. The van der Waals surface area contributed by atoms with Crippen molar-refractivity contribution in [2.45, 2.75) is 38.1 Å². The molecule has 2 rings (SSSR count). The van der Waals surface area contributed by atoms with Crippen molar-refractivity contribution < 1.29 is 14.7 Å². The van der Waals surface area contributed by atoms with Gasteiger partial charge in [0.25, 0.3) is 0 Å². The number of carbonyl (C=O) groups excluding carboxylic acids is 1. The summed E-state index contributed by atoms with van der Waals surface area (Å²) in [6.07, 6.45) is 3.99. The van der Waals surface area contributed by atoms with Crippen LogP contribution in [0.15, 0.2) is 17.5 Å². The Hall–Kier alpha value is -1.36. The second-order valence-electron chi connectivity index (χ2n) is 4.66.